The Bertz CT molecular complexity index is 423. The monoisotopic (exact) mass is 256 g/mol. The van der Waals surface area contributed by atoms with Gasteiger partial charge in [-0.1, -0.05) is 30.3 Å². The standard InChI is InChI=1S/C7H9O4P.C3H4N2/c8-12(9,10)11-6-7-4-2-1-3-5-7;1-2-5-3-4-1/h1-5H,6H2,(H2,8,9,10);1-3H,(H,4,5). The Morgan fingerprint density at radius 3 is 2.41 bits per heavy atom. The number of phosphoric ester groups is 1. The van der Waals surface area contributed by atoms with Crippen LogP contribution < -0.4 is 0 Å². The van der Waals surface area contributed by atoms with E-state index < -0.39 is 7.82 Å². The minimum Gasteiger partial charge on any atom is -0.351 e. The first-order valence-electron chi connectivity index (χ1n) is 4.75. The second kappa shape index (κ2) is 6.98. The molecule has 0 aliphatic carbocycles. The Balaban J connectivity index is 0.000000239. The second-order valence-corrected chi connectivity index (χ2v) is 4.25. The SMILES string of the molecule is O=P(O)(O)OCc1ccccc1.c1c[nH]cn1. The molecule has 0 fully saturated rings. The van der Waals surface area contributed by atoms with Crippen LogP contribution in [0.4, 0.5) is 0 Å². The number of benzene rings is 1. The van der Waals surface area contributed by atoms with Gasteiger partial charge in [0.1, 0.15) is 0 Å². The van der Waals surface area contributed by atoms with Crippen LogP contribution in [0, 0.1) is 0 Å². The van der Waals surface area contributed by atoms with E-state index in [0.717, 1.165) is 5.56 Å². The molecule has 92 valence electrons. The second-order valence-electron chi connectivity index (χ2n) is 3.01. The highest BCUT2D eigenvalue weighted by atomic mass is 31.2. The van der Waals surface area contributed by atoms with Gasteiger partial charge < -0.3 is 14.8 Å². The first-order chi connectivity index (χ1) is 8.08. The highest BCUT2D eigenvalue weighted by Crippen LogP contribution is 2.36. The van der Waals surface area contributed by atoms with Crippen molar-refractivity contribution in [2.75, 3.05) is 0 Å². The van der Waals surface area contributed by atoms with Crippen LogP contribution in [0.15, 0.2) is 49.1 Å². The topological polar surface area (TPSA) is 95.4 Å². The molecule has 0 radical (unpaired) electrons. The fourth-order valence-corrected chi connectivity index (χ4v) is 1.27. The number of rotatable bonds is 3. The van der Waals surface area contributed by atoms with Gasteiger partial charge in [0.25, 0.3) is 0 Å². The summed E-state index contributed by atoms with van der Waals surface area (Å²) in [4.78, 5) is 23.2. The number of hydrogen-bond acceptors (Lipinski definition) is 3. The summed E-state index contributed by atoms with van der Waals surface area (Å²) in [5, 5.41) is 0. The highest BCUT2D eigenvalue weighted by molar-refractivity contribution is 7.46. The van der Waals surface area contributed by atoms with Gasteiger partial charge in [-0.05, 0) is 5.56 Å². The third kappa shape index (κ3) is 7.43. The zero-order valence-electron chi connectivity index (χ0n) is 8.93. The molecule has 0 atom stereocenters. The number of aromatic nitrogens is 2. The molecule has 0 aliphatic heterocycles. The van der Waals surface area contributed by atoms with E-state index in [4.69, 9.17) is 9.79 Å². The zero-order valence-corrected chi connectivity index (χ0v) is 9.83. The molecule has 0 saturated heterocycles. The molecular weight excluding hydrogens is 243 g/mol. The molecule has 0 spiro atoms. The smallest absolute Gasteiger partial charge is 0.351 e. The maximum Gasteiger partial charge on any atom is 0.469 e. The average Bonchev–Trinajstić information content (AvgIpc) is 2.85. The first-order valence-corrected chi connectivity index (χ1v) is 6.28. The largest absolute Gasteiger partial charge is 0.469 e. The van der Waals surface area contributed by atoms with Crippen molar-refractivity contribution in [1.29, 1.82) is 0 Å². The van der Waals surface area contributed by atoms with Gasteiger partial charge in [-0.2, -0.15) is 0 Å². The normalized spacial score (nSPS) is 10.5. The van der Waals surface area contributed by atoms with Crippen molar-refractivity contribution in [3.63, 3.8) is 0 Å². The van der Waals surface area contributed by atoms with Gasteiger partial charge in [0.15, 0.2) is 0 Å². The molecule has 1 aromatic heterocycles. The molecule has 3 N–H and O–H groups in total. The van der Waals surface area contributed by atoms with Crippen LogP contribution in [0.2, 0.25) is 0 Å². The van der Waals surface area contributed by atoms with Crippen molar-refractivity contribution in [3.05, 3.63) is 54.6 Å². The van der Waals surface area contributed by atoms with E-state index in [1.54, 1.807) is 43.0 Å². The Hall–Kier alpha value is -1.46. The Morgan fingerprint density at radius 1 is 1.29 bits per heavy atom. The fourth-order valence-electron chi connectivity index (χ4n) is 0.948. The maximum absolute atomic E-state index is 10.3. The molecule has 2 rings (SSSR count). The van der Waals surface area contributed by atoms with Crippen LogP contribution in [-0.2, 0) is 15.7 Å². The summed E-state index contributed by atoms with van der Waals surface area (Å²) in [5.41, 5.74) is 0.737. The van der Waals surface area contributed by atoms with Gasteiger partial charge in [-0.3, -0.25) is 4.52 Å². The molecule has 0 unspecified atom stereocenters. The summed E-state index contributed by atoms with van der Waals surface area (Å²) in [6.45, 7) is -0.0644. The van der Waals surface area contributed by atoms with Crippen LogP contribution in [0.25, 0.3) is 0 Å². The fraction of sp³-hybridized carbons (Fsp3) is 0.100. The quantitative estimate of drug-likeness (QED) is 0.726. The maximum atomic E-state index is 10.3. The van der Waals surface area contributed by atoms with Crippen molar-refractivity contribution in [2.24, 2.45) is 0 Å². The molecule has 1 aromatic carbocycles. The number of aromatic amines is 1. The van der Waals surface area contributed by atoms with Crippen LogP contribution in [-0.4, -0.2) is 19.8 Å². The molecule has 0 saturated carbocycles. The summed E-state index contributed by atoms with van der Waals surface area (Å²) in [7, 11) is -4.33. The van der Waals surface area contributed by atoms with E-state index in [2.05, 4.69) is 14.5 Å². The van der Waals surface area contributed by atoms with Crippen molar-refractivity contribution < 1.29 is 18.9 Å². The minimum absolute atomic E-state index is 0.0644. The van der Waals surface area contributed by atoms with Gasteiger partial charge >= 0.3 is 7.82 Å². The van der Waals surface area contributed by atoms with Crippen LogP contribution >= 0.6 is 7.82 Å². The Morgan fingerprint density at radius 2 is 2.00 bits per heavy atom. The van der Waals surface area contributed by atoms with Crippen molar-refractivity contribution in [2.45, 2.75) is 6.61 Å². The van der Waals surface area contributed by atoms with Gasteiger partial charge in [-0.15, -0.1) is 0 Å². The van der Waals surface area contributed by atoms with Crippen LogP contribution in [0.1, 0.15) is 5.56 Å². The molecule has 17 heavy (non-hydrogen) atoms. The highest BCUT2D eigenvalue weighted by Gasteiger charge is 2.12. The third-order valence-corrected chi connectivity index (χ3v) is 2.11. The molecule has 7 heteroatoms. The number of phosphoric acid groups is 1. The van der Waals surface area contributed by atoms with Crippen molar-refractivity contribution in [3.8, 4) is 0 Å². The predicted molar refractivity (Wildman–Crippen MR) is 61.9 cm³/mol. The summed E-state index contributed by atoms with van der Waals surface area (Å²) in [6.07, 6.45) is 5.08. The van der Waals surface area contributed by atoms with Crippen molar-refractivity contribution >= 4 is 7.82 Å². The lowest BCUT2D eigenvalue weighted by Gasteiger charge is -2.03. The first kappa shape index (κ1) is 13.6. The molecule has 0 amide bonds. The summed E-state index contributed by atoms with van der Waals surface area (Å²) in [6, 6.07) is 8.84. The number of nitrogens with zero attached hydrogens (tertiary/aromatic N) is 1. The lowest BCUT2D eigenvalue weighted by atomic mass is 10.2. The lowest BCUT2D eigenvalue weighted by Crippen LogP contribution is -1.89. The van der Waals surface area contributed by atoms with E-state index >= 15 is 0 Å². The van der Waals surface area contributed by atoms with E-state index in [9.17, 15) is 4.57 Å². The van der Waals surface area contributed by atoms with Crippen LogP contribution in [0.5, 0.6) is 0 Å². The van der Waals surface area contributed by atoms with E-state index in [-0.39, 0.29) is 6.61 Å². The Kier molecular flexibility index (Phi) is 5.59. The summed E-state index contributed by atoms with van der Waals surface area (Å²) in [5.74, 6) is 0. The molecule has 1 heterocycles. The molecular formula is C10H13N2O4P. The number of imidazole rings is 1. The lowest BCUT2D eigenvalue weighted by molar-refractivity contribution is 0.189. The van der Waals surface area contributed by atoms with Gasteiger partial charge in [0.05, 0.1) is 12.9 Å². The summed E-state index contributed by atoms with van der Waals surface area (Å²) < 4.78 is 14.6. The molecule has 0 bridgehead atoms. The van der Waals surface area contributed by atoms with Crippen LogP contribution in [0.3, 0.4) is 0 Å². The van der Waals surface area contributed by atoms with Gasteiger partial charge in [-0.25, -0.2) is 9.55 Å². The summed E-state index contributed by atoms with van der Waals surface area (Å²) >= 11 is 0. The molecule has 2 aromatic rings. The van der Waals surface area contributed by atoms with Crippen molar-refractivity contribution in [1.82, 2.24) is 9.97 Å². The van der Waals surface area contributed by atoms with E-state index in [0.29, 0.717) is 0 Å². The minimum atomic E-state index is -4.33. The Labute approximate surface area is 98.5 Å². The number of hydrogen-bond donors (Lipinski definition) is 3. The van der Waals surface area contributed by atoms with Gasteiger partial charge in [0.2, 0.25) is 0 Å². The molecule has 6 nitrogen and oxygen atoms in total. The van der Waals surface area contributed by atoms with E-state index in [1.807, 2.05) is 6.07 Å². The average molecular weight is 256 g/mol. The van der Waals surface area contributed by atoms with E-state index in [1.165, 1.54) is 0 Å². The van der Waals surface area contributed by atoms with Gasteiger partial charge in [0, 0.05) is 12.4 Å². The third-order valence-electron chi connectivity index (χ3n) is 1.65. The zero-order chi connectivity index (χ0) is 12.6. The number of nitrogens with one attached hydrogen (secondary N) is 1. The predicted octanol–water partition coefficient (Wildman–Crippen LogP) is 1.71. The molecule has 0 aliphatic rings. The number of H-pyrrole nitrogens is 1.